The van der Waals surface area contributed by atoms with Crippen LogP contribution in [0.4, 0.5) is 0 Å². The van der Waals surface area contributed by atoms with Gasteiger partial charge in [0.25, 0.3) is 0 Å². The molecular formula is C24H34. The second kappa shape index (κ2) is 7.13. The molecule has 0 heterocycles. The van der Waals surface area contributed by atoms with E-state index in [4.69, 9.17) is 0 Å². The molecule has 0 unspecified atom stereocenters. The van der Waals surface area contributed by atoms with Crippen LogP contribution < -0.4 is 0 Å². The summed E-state index contributed by atoms with van der Waals surface area (Å²) in [6.07, 6.45) is 6.93. The molecule has 1 fully saturated rings. The van der Waals surface area contributed by atoms with Crippen LogP contribution in [0.2, 0.25) is 0 Å². The third kappa shape index (κ3) is 3.58. The van der Waals surface area contributed by atoms with Crippen LogP contribution in [0.1, 0.15) is 61.9 Å². The second-order valence-corrected chi connectivity index (χ2v) is 8.14. The highest BCUT2D eigenvalue weighted by Crippen LogP contribution is 2.32. The van der Waals surface area contributed by atoms with E-state index in [0.29, 0.717) is 0 Å². The topological polar surface area (TPSA) is 0 Å². The van der Waals surface area contributed by atoms with E-state index in [0.717, 1.165) is 11.8 Å². The van der Waals surface area contributed by atoms with Crippen molar-refractivity contribution in [1.29, 1.82) is 0 Å². The molecule has 0 amide bonds. The summed E-state index contributed by atoms with van der Waals surface area (Å²) < 4.78 is 0. The number of hydrogen-bond donors (Lipinski definition) is 0. The molecule has 0 atom stereocenters. The van der Waals surface area contributed by atoms with E-state index in [9.17, 15) is 0 Å². The summed E-state index contributed by atoms with van der Waals surface area (Å²) in [6, 6.07) is 11.7. The first-order valence-electron chi connectivity index (χ1n) is 9.62. The van der Waals surface area contributed by atoms with Crippen LogP contribution in [-0.4, -0.2) is 0 Å². The molecule has 0 aromatic heterocycles. The second-order valence-electron chi connectivity index (χ2n) is 8.14. The van der Waals surface area contributed by atoms with Crippen LogP contribution in [0.25, 0.3) is 11.1 Å². The van der Waals surface area contributed by atoms with Gasteiger partial charge in [0, 0.05) is 1.43 Å². The van der Waals surface area contributed by atoms with Gasteiger partial charge in [-0.3, -0.25) is 0 Å². The van der Waals surface area contributed by atoms with Gasteiger partial charge in [0.15, 0.2) is 0 Å². The van der Waals surface area contributed by atoms with Gasteiger partial charge in [-0.1, -0.05) is 50.1 Å². The van der Waals surface area contributed by atoms with Gasteiger partial charge >= 0.3 is 0 Å². The summed E-state index contributed by atoms with van der Waals surface area (Å²) >= 11 is 0. The summed E-state index contributed by atoms with van der Waals surface area (Å²) in [4.78, 5) is 0. The van der Waals surface area contributed by atoms with Gasteiger partial charge in [0.05, 0.1) is 0 Å². The van der Waals surface area contributed by atoms with Gasteiger partial charge in [0.2, 0.25) is 0 Å². The standard InChI is InChI=1S/C24H32.H2/c1-16-6-8-21(9-7-16)15-22-10-12-23(13-11-22)24-14-17(2)18(3)19(4)20(24)5;/h10-14,16,21H,6-9,15H2,1-5H3;1H. The van der Waals surface area contributed by atoms with Crippen molar-refractivity contribution in [3.63, 3.8) is 0 Å². The Labute approximate surface area is 149 Å². The van der Waals surface area contributed by atoms with E-state index < -0.39 is 0 Å². The summed E-state index contributed by atoms with van der Waals surface area (Å²) in [6.45, 7) is 11.4. The number of rotatable bonds is 3. The van der Waals surface area contributed by atoms with Crippen molar-refractivity contribution in [3.8, 4) is 11.1 Å². The lowest BCUT2D eigenvalue weighted by Gasteiger charge is -2.26. The molecule has 130 valence electrons. The molecule has 0 N–H and O–H groups in total. The van der Waals surface area contributed by atoms with Crippen molar-refractivity contribution < 1.29 is 1.43 Å². The monoisotopic (exact) mass is 322 g/mol. The quantitative estimate of drug-likeness (QED) is 0.560. The minimum Gasteiger partial charge on any atom is -0.0625 e. The third-order valence-electron chi connectivity index (χ3n) is 6.41. The smallest absolute Gasteiger partial charge is 0 e. The molecule has 3 rings (SSSR count). The van der Waals surface area contributed by atoms with Gasteiger partial charge in [-0.25, -0.2) is 0 Å². The van der Waals surface area contributed by atoms with Gasteiger partial charge in [-0.05, 0) is 97.7 Å². The van der Waals surface area contributed by atoms with Crippen LogP contribution in [0, 0.1) is 39.5 Å². The van der Waals surface area contributed by atoms with Gasteiger partial charge in [-0.2, -0.15) is 0 Å². The number of aryl methyl sites for hydroxylation is 1. The Balaban J connectivity index is 0.00000225. The summed E-state index contributed by atoms with van der Waals surface area (Å²) in [5, 5.41) is 0. The normalized spacial score (nSPS) is 21.0. The fourth-order valence-corrected chi connectivity index (χ4v) is 4.20. The Morgan fingerprint density at radius 2 is 1.46 bits per heavy atom. The zero-order valence-electron chi connectivity index (χ0n) is 16.1. The number of benzene rings is 2. The average Bonchev–Trinajstić information content (AvgIpc) is 2.59. The molecule has 0 nitrogen and oxygen atoms in total. The largest absolute Gasteiger partial charge is 0.0625 e. The van der Waals surface area contributed by atoms with Crippen LogP contribution >= 0.6 is 0 Å². The van der Waals surface area contributed by atoms with E-state index in [1.807, 2.05) is 0 Å². The molecule has 1 aliphatic carbocycles. The maximum Gasteiger partial charge on any atom is 0 e. The van der Waals surface area contributed by atoms with Crippen molar-refractivity contribution in [1.82, 2.24) is 0 Å². The van der Waals surface area contributed by atoms with Crippen molar-refractivity contribution >= 4 is 0 Å². The minimum absolute atomic E-state index is 0. The van der Waals surface area contributed by atoms with E-state index in [-0.39, 0.29) is 1.43 Å². The Kier molecular flexibility index (Phi) is 5.13. The third-order valence-corrected chi connectivity index (χ3v) is 6.41. The molecule has 0 bridgehead atoms. The maximum atomic E-state index is 2.40. The highest BCUT2D eigenvalue weighted by atomic mass is 14.2. The average molecular weight is 323 g/mol. The Morgan fingerprint density at radius 1 is 0.833 bits per heavy atom. The predicted octanol–water partition coefficient (Wildman–Crippen LogP) is 7.20. The predicted molar refractivity (Wildman–Crippen MR) is 108 cm³/mol. The highest BCUT2D eigenvalue weighted by molar-refractivity contribution is 5.70. The van der Waals surface area contributed by atoms with E-state index in [2.05, 4.69) is 65.0 Å². The molecular weight excluding hydrogens is 288 g/mol. The summed E-state index contributed by atoms with van der Waals surface area (Å²) in [5.41, 5.74) is 9.95. The van der Waals surface area contributed by atoms with Gasteiger partial charge in [-0.15, -0.1) is 0 Å². The van der Waals surface area contributed by atoms with Crippen molar-refractivity contribution in [2.24, 2.45) is 11.8 Å². The first kappa shape index (κ1) is 17.3. The molecule has 2 aromatic carbocycles. The lowest BCUT2D eigenvalue weighted by Crippen LogP contribution is -2.14. The van der Waals surface area contributed by atoms with Crippen LogP contribution in [0.3, 0.4) is 0 Å². The molecule has 0 spiro atoms. The Hall–Kier alpha value is -1.56. The van der Waals surface area contributed by atoms with Crippen molar-refractivity contribution in [2.75, 3.05) is 0 Å². The van der Waals surface area contributed by atoms with Crippen molar-refractivity contribution in [3.05, 3.63) is 58.1 Å². The van der Waals surface area contributed by atoms with Gasteiger partial charge < -0.3 is 0 Å². The molecule has 0 radical (unpaired) electrons. The molecule has 0 aliphatic heterocycles. The van der Waals surface area contributed by atoms with Crippen LogP contribution in [0.5, 0.6) is 0 Å². The Bertz CT molecular complexity index is 704. The molecule has 1 aliphatic rings. The molecule has 0 saturated heterocycles. The molecule has 24 heavy (non-hydrogen) atoms. The fourth-order valence-electron chi connectivity index (χ4n) is 4.20. The highest BCUT2D eigenvalue weighted by Gasteiger charge is 2.18. The van der Waals surface area contributed by atoms with Gasteiger partial charge in [0.1, 0.15) is 0 Å². The summed E-state index contributed by atoms with van der Waals surface area (Å²) in [7, 11) is 0. The fraction of sp³-hybridized carbons (Fsp3) is 0.500. The van der Waals surface area contributed by atoms with Crippen LogP contribution in [-0.2, 0) is 6.42 Å². The van der Waals surface area contributed by atoms with E-state index in [1.165, 1.54) is 71.0 Å². The molecule has 0 heteroatoms. The summed E-state index contributed by atoms with van der Waals surface area (Å²) in [5.74, 6) is 1.84. The van der Waals surface area contributed by atoms with Crippen molar-refractivity contribution in [2.45, 2.75) is 66.7 Å². The first-order chi connectivity index (χ1) is 11.5. The number of hydrogen-bond acceptors (Lipinski definition) is 0. The van der Waals surface area contributed by atoms with Crippen LogP contribution in [0.15, 0.2) is 30.3 Å². The zero-order chi connectivity index (χ0) is 17.3. The van der Waals surface area contributed by atoms with E-state index >= 15 is 0 Å². The van der Waals surface area contributed by atoms with E-state index in [1.54, 1.807) is 0 Å². The maximum absolute atomic E-state index is 2.40. The molecule has 2 aromatic rings. The SMILES string of the molecule is Cc1cc(-c2ccc(CC3CCC(C)CC3)cc2)c(C)c(C)c1C.[HH]. The zero-order valence-corrected chi connectivity index (χ0v) is 16.1. The molecule has 1 saturated carbocycles. The lowest BCUT2D eigenvalue weighted by molar-refractivity contribution is 0.289. The Morgan fingerprint density at radius 3 is 2.08 bits per heavy atom. The lowest BCUT2D eigenvalue weighted by atomic mass is 9.80. The first-order valence-corrected chi connectivity index (χ1v) is 9.62. The minimum atomic E-state index is 0.